The predicted molar refractivity (Wildman–Crippen MR) is 68.0 cm³/mol. The van der Waals surface area contributed by atoms with Crippen LogP contribution < -0.4 is 5.73 Å². The Balaban J connectivity index is 1.99. The molecule has 2 rings (SSSR count). The summed E-state index contributed by atoms with van der Waals surface area (Å²) >= 11 is 0. The van der Waals surface area contributed by atoms with Crippen LogP contribution in [0.5, 0.6) is 0 Å². The average molecular weight is 242 g/mol. The number of nitrogens with two attached hydrogens (primary N) is 1. The van der Waals surface area contributed by atoms with Crippen LogP contribution in [0, 0.1) is 0 Å². The van der Waals surface area contributed by atoms with Gasteiger partial charge in [0.05, 0.1) is 12.7 Å². The quantitative estimate of drug-likeness (QED) is 0.799. The van der Waals surface area contributed by atoms with E-state index in [1.807, 2.05) is 7.11 Å². The van der Waals surface area contributed by atoms with Crippen molar-refractivity contribution in [3.05, 3.63) is 0 Å². The van der Waals surface area contributed by atoms with Crippen LogP contribution in [0.2, 0.25) is 0 Å². The van der Waals surface area contributed by atoms with E-state index in [2.05, 4.69) is 11.9 Å². The number of nitrogens with zero attached hydrogens (tertiary/aromatic N) is 1. The van der Waals surface area contributed by atoms with E-state index < -0.39 is 0 Å². The maximum Gasteiger partial charge on any atom is 0.0622 e. The fourth-order valence-corrected chi connectivity index (χ4v) is 3.28. The lowest BCUT2D eigenvalue weighted by Gasteiger charge is -2.48. The van der Waals surface area contributed by atoms with Crippen molar-refractivity contribution in [2.75, 3.05) is 33.9 Å². The van der Waals surface area contributed by atoms with E-state index in [0.29, 0.717) is 12.1 Å². The topological polar surface area (TPSA) is 47.7 Å². The molecule has 0 amide bonds. The molecule has 1 aliphatic heterocycles. The highest BCUT2D eigenvalue weighted by Gasteiger charge is 2.41. The Morgan fingerprint density at radius 1 is 1.35 bits per heavy atom. The van der Waals surface area contributed by atoms with Crippen molar-refractivity contribution in [3.63, 3.8) is 0 Å². The molecule has 1 aliphatic carbocycles. The molecule has 2 N–H and O–H groups in total. The third kappa shape index (κ3) is 2.65. The summed E-state index contributed by atoms with van der Waals surface area (Å²) in [5.41, 5.74) is 6.24. The molecule has 1 unspecified atom stereocenters. The van der Waals surface area contributed by atoms with Crippen LogP contribution in [-0.2, 0) is 9.47 Å². The summed E-state index contributed by atoms with van der Waals surface area (Å²) in [6.45, 7) is 2.51. The Labute approximate surface area is 104 Å². The van der Waals surface area contributed by atoms with E-state index in [9.17, 15) is 0 Å². The molecule has 1 saturated heterocycles. The first kappa shape index (κ1) is 13.3. The first-order valence-electron chi connectivity index (χ1n) is 6.75. The molecule has 2 aliphatic rings. The number of hydrogen-bond donors (Lipinski definition) is 1. The van der Waals surface area contributed by atoms with E-state index in [1.165, 1.54) is 0 Å². The fourth-order valence-electron chi connectivity index (χ4n) is 3.28. The lowest BCUT2D eigenvalue weighted by Crippen LogP contribution is -2.58. The molecule has 0 spiro atoms. The molecule has 1 atom stereocenters. The Hall–Kier alpha value is -0.160. The molecular weight excluding hydrogens is 216 g/mol. The van der Waals surface area contributed by atoms with Crippen molar-refractivity contribution in [2.24, 2.45) is 5.73 Å². The number of likely N-dealkylation sites (N-methyl/N-ethyl adjacent to an activating group) is 1. The van der Waals surface area contributed by atoms with Gasteiger partial charge in [0, 0.05) is 31.8 Å². The first-order chi connectivity index (χ1) is 8.22. The SMILES string of the molecule is COC1CCC(CN)(N(C)C2CCOC2)CC1. The third-order valence-electron chi connectivity index (χ3n) is 4.78. The molecule has 17 heavy (non-hydrogen) atoms. The number of rotatable bonds is 4. The van der Waals surface area contributed by atoms with Crippen LogP contribution >= 0.6 is 0 Å². The van der Waals surface area contributed by atoms with Crippen molar-refractivity contribution in [1.82, 2.24) is 4.90 Å². The first-order valence-corrected chi connectivity index (χ1v) is 6.75. The summed E-state index contributed by atoms with van der Waals surface area (Å²) < 4.78 is 10.9. The van der Waals surface area contributed by atoms with Crippen LogP contribution in [0.25, 0.3) is 0 Å². The molecule has 1 heterocycles. The van der Waals surface area contributed by atoms with Gasteiger partial charge in [-0.1, -0.05) is 0 Å². The van der Waals surface area contributed by atoms with Crippen LogP contribution in [0.1, 0.15) is 32.1 Å². The van der Waals surface area contributed by atoms with Gasteiger partial charge in [0.1, 0.15) is 0 Å². The van der Waals surface area contributed by atoms with E-state index in [4.69, 9.17) is 15.2 Å². The largest absolute Gasteiger partial charge is 0.381 e. The highest BCUT2D eigenvalue weighted by Crippen LogP contribution is 2.35. The van der Waals surface area contributed by atoms with Gasteiger partial charge in [0.2, 0.25) is 0 Å². The number of methoxy groups -OCH3 is 1. The van der Waals surface area contributed by atoms with Crippen LogP contribution in [0.15, 0.2) is 0 Å². The maximum absolute atomic E-state index is 6.07. The Morgan fingerprint density at radius 2 is 2.06 bits per heavy atom. The van der Waals surface area contributed by atoms with Crippen molar-refractivity contribution >= 4 is 0 Å². The lowest BCUT2D eigenvalue weighted by molar-refractivity contribution is -0.0145. The Morgan fingerprint density at radius 3 is 2.53 bits per heavy atom. The summed E-state index contributed by atoms with van der Waals surface area (Å²) in [6, 6.07) is 0.553. The lowest BCUT2D eigenvalue weighted by atomic mass is 9.78. The van der Waals surface area contributed by atoms with Crippen LogP contribution in [-0.4, -0.2) is 56.5 Å². The Kier molecular flexibility index (Phi) is 4.42. The zero-order valence-corrected chi connectivity index (χ0v) is 11.2. The van der Waals surface area contributed by atoms with E-state index in [1.54, 1.807) is 0 Å². The van der Waals surface area contributed by atoms with Gasteiger partial charge in [0.15, 0.2) is 0 Å². The van der Waals surface area contributed by atoms with Crippen LogP contribution in [0.3, 0.4) is 0 Å². The molecule has 0 radical (unpaired) electrons. The second-order valence-corrected chi connectivity index (χ2v) is 5.49. The zero-order valence-electron chi connectivity index (χ0n) is 11.2. The molecule has 4 nitrogen and oxygen atoms in total. The highest BCUT2D eigenvalue weighted by atomic mass is 16.5. The molecule has 4 heteroatoms. The smallest absolute Gasteiger partial charge is 0.0622 e. The average Bonchev–Trinajstić information content (AvgIpc) is 2.92. The molecule has 0 bridgehead atoms. The number of hydrogen-bond acceptors (Lipinski definition) is 4. The van der Waals surface area contributed by atoms with Gasteiger partial charge < -0.3 is 15.2 Å². The molecule has 0 aromatic heterocycles. The van der Waals surface area contributed by atoms with E-state index in [-0.39, 0.29) is 5.54 Å². The van der Waals surface area contributed by atoms with Gasteiger partial charge in [-0.2, -0.15) is 0 Å². The second kappa shape index (κ2) is 5.65. The minimum absolute atomic E-state index is 0.174. The zero-order chi connectivity index (χ0) is 12.3. The highest BCUT2D eigenvalue weighted by molar-refractivity contribution is 4.97. The van der Waals surface area contributed by atoms with Gasteiger partial charge >= 0.3 is 0 Å². The minimum Gasteiger partial charge on any atom is -0.381 e. The molecule has 2 fully saturated rings. The van der Waals surface area contributed by atoms with Gasteiger partial charge in [-0.3, -0.25) is 4.90 Å². The predicted octanol–water partition coefficient (Wildman–Crippen LogP) is 0.994. The molecule has 0 aromatic carbocycles. The molecular formula is C13H26N2O2. The summed E-state index contributed by atoms with van der Waals surface area (Å²) in [4.78, 5) is 2.49. The van der Waals surface area contributed by atoms with Gasteiger partial charge in [-0.05, 0) is 39.2 Å². The summed E-state index contributed by atoms with van der Waals surface area (Å²) in [7, 11) is 4.04. The summed E-state index contributed by atoms with van der Waals surface area (Å²) in [5.74, 6) is 0. The molecule has 0 aromatic rings. The Bertz CT molecular complexity index is 234. The van der Waals surface area contributed by atoms with Crippen molar-refractivity contribution in [2.45, 2.75) is 49.8 Å². The molecule has 1 saturated carbocycles. The monoisotopic (exact) mass is 242 g/mol. The van der Waals surface area contributed by atoms with Gasteiger partial charge in [-0.25, -0.2) is 0 Å². The third-order valence-corrected chi connectivity index (χ3v) is 4.78. The van der Waals surface area contributed by atoms with Crippen molar-refractivity contribution in [3.8, 4) is 0 Å². The van der Waals surface area contributed by atoms with Crippen molar-refractivity contribution < 1.29 is 9.47 Å². The standard InChI is InChI=1S/C13H26N2O2/c1-15(11-5-8-17-9-11)13(10-14)6-3-12(16-2)4-7-13/h11-12H,3-10,14H2,1-2H3. The summed E-state index contributed by atoms with van der Waals surface area (Å²) in [5, 5.41) is 0. The van der Waals surface area contributed by atoms with Gasteiger partial charge in [-0.15, -0.1) is 0 Å². The number of ether oxygens (including phenoxy) is 2. The summed E-state index contributed by atoms with van der Waals surface area (Å²) in [6.07, 6.45) is 6.13. The fraction of sp³-hybridized carbons (Fsp3) is 1.00. The second-order valence-electron chi connectivity index (χ2n) is 5.49. The van der Waals surface area contributed by atoms with E-state index >= 15 is 0 Å². The van der Waals surface area contributed by atoms with Crippen LogP contribution in [0.4, 0.5) is 0 Å². The molecule has 100 valence electrons. The normalized spacial score (nSPS) is 38.8. The maximum atomic E-state index is 6.07. The van der Waals surface area contributed by atoms with E-state index in [0.717, 1.165) is 51.9 Å². The van der Waals surface area contributed by atoms with Crippen molar-refractivity contribution in [1.29, 1.82) is 0 Å². The minimum atomic E-state index is 0.174. The van der Waals surface area contributed by atoms with Gasteiger partial charge in [0.25, 0.3) is 0 Å².